The van der Waals surface area contributed by atoms with Gasteiger partial charge in [0.25, 0.3) is 5.91 Å². The number of nitrogens with one attached hydrogen (secondary N) is 1. The number of fused-ring (bicyclic) bond motifs is 1. The number of rotatable bonds is 4. The summed E-state index contributed by atoms with van der Waals surface area (Å²) in [4.78, 5) is 19.2. The van der Waals surface area contributed by atoms with E-state index in [1.54, 1.807) is 42.5 Å². The Balaban J connectivity index is 1.58. The van der Waals surface area contributed by atoms with Crippen LogP contribution in [0.15, 0.2) is 47.4 Å². The first kappa shape index (κ1) is 20.2. The third kappa shape index (κ3) is 4.15. The molecular formula is C19H19ClN4O3S2. The average molecular weight is 451 g/mol. The number of hydrogen-bond acceptors (Lipinski definition) is 6. The minimum absolute atomic E-state index is 0.238. The van der Waals surface area contributed by atoms with Crippen LogP contribution in [0, 0.1) is 0 Å². The molecule has 1 saturated heterocycles. The van der Waals surface area contributed by atoms with E-state index in [4.69, 9.17) is 11.6 Å². The van der Waals surface area contributed by atoms with E-state index in [2.05, 4.69) is 15.2 Å². The molecule has 0 spiro atoms. The monoisotopic (exact) mass is 450 g/mol. The first-order valence-corrected chi connectivity index (χ1v) is 11.6. The summed E-state index contributed by atoms with van der Waals surface area (Å²) in [7, 11) is -1.58. The van der Waals surface area contributed by atoms with Crippen molar-refractivity contribution in [3.05, 3.63) is 53.1 Å². The molecule has 1 aromatic heterocycles. The molecule has 0 bridgehead atoms. The largest absolute Gasteiger partial charge is 0.304 e. The van der Waals surface area contributed by atoms with Gasteiger partial charge in [-0.3, -0.25) is 10.1 Å². The molecule has 1 amide bonds. The number of nitrogens with zero attached hydrogens (tertiary/aromatic N) is 3. The average Bonchev–Trinajstić information content (AvgIpc) is 3.10. The second-order valence-corrected chi connectivity index (χ2v) is 10.2. The number of hydrogen-bond donors (Lipinski definition) is 1. The molecule has 0 aliphatic carbocycles. The Morgan fingerprint density at radius 1 is 1.14 bits per heavy atom. The molecule has 4 rings (SSSR count). The Bertz CT molecular complexity index is 1170. The van der Waals surface area contributed by atoms with Gasteiger partial charge in [0.2, 0.25) is 10.0 Å². The van der Waals surface area contributed by atoms with Gasteiger partial charge in [-0.25, -0.2) is 13.4 Å². The molecule has 0 atom stereocenters. The third-order valence-electron chi connectivity index (χ3n) is 4.80. The topological polar surface area (TPSA) is 82.6 Å². The maximum Gasteiger partial charge on any atom is 0.258 e. The number of sulfonamides is 1. The van der Waals surface area contributed by atoms with E-state index in [9.17, 15) is 13.2 Å². The lowest BCUT2D eigenvalue weighted by Crippen LogP contribution is -2.46. The molecule has 2 aromatic carbocycles. The normalized spacial score (nSPS) is 16.2. The summed E-state index contributed by atoms with van der Waals surface area (Å²) in [5.74, 6) is -0.361. The van der Waals surface area contributed by atoms with E-state index in [0.717, 1.165) is 0 Å². The van der Waals surface area contributed by atoms with E-state index in [1.807, 2.05) is 7.05 Å². The molecule has 1 aliphatic rings. The molecule has 10 heteroatoms. The highest BCUT2D eigenvalue weighted by atomic mass is 35.5. The lowest BCUT2D eigenvalue weighted by atomic mass is 10.2. The van der Waals surface area contributed by atoms with Crippen LogP contribution in [-0.4, -0.2) is 61.7 Å². The number of carbonyl (C=O) groups is 1. The zero-order valence-electron chi connectivity index (χ0n) is 15.6. The van der Waals surface area contributed by atoms with Crippen molar-refractivity contribution in [2.45, 2.75) is 4.90 Å². The fourth-order valence-electron chi connectivity index (χ4n) is 3.11. The van der Waals surface area contributed by atoms with Gasteiger partial charge in [-0.2, -0.15) is 4.31 Å². The number of piperazine rings is 1. The van der Waals surface area contributed by atoms with Gasteiger partial charge in [-0.1, -0.05) is 35.1 Å². The maximum atomic E-state index is 13.0. The van der Waals surface area contributed by atoms with Crippen LogP contribution in [0.25, 0.3) is 10.2 Å². The number of anilines is 1. The van der Waals surface area contributed by atoms with Crippen molar-refractivity contribution in [3.63, 3.8) is 0 Å². The number of carbonyl (C=O) groups excluding carboxylic acids is 1. The van der Waals surface area contributed by atoms with Gasteiger partial charge in [0, 0.05) is 26.2 Å². The van der Waals surface area contributed by atoms with Crippen molar-refractivity contribution in [2.75, 3.05) is 38.5 Å². The van der Waals surface area contributed by atoms with Crippen LogP contribution >= 0.6 is 22.9 Å². The van der Waals surface area contributed by atoms with Crippen molar-refractivity contribution in [3.8, 4) is 0 Å². The zero-order valence-corrected chi connectivity index (χ0v) is 18.0. The van der Waals surface area contributed by atoms with Crippen LogP contribution < -0.4 is 5.32 Å². The quantitative estimate of drug-likeness (QED) is 0.660. The lowest BCUT2D eigenvalue weighted by Gasteiger charge is -2.31. The van der Waals surface area contributed by atoms with Crippen LogP contribution in [0.5, 0.6) is 0 Å². The van der Waals surface area contributed by atoms with Crippen molar-refractivity contribution >= 4 is 54.2 Å². The van der Waals surface area contributed by atoms with Crippen LogP contribution in [0.2, 0.25) is 5.02 Å². The smallest absolute Gasteiger partial charge is 0.258 e. The van der Waals surface area contributed by atoms with E-state index in [-0.39, 0.29) is 10.8 Å². The summed E-state index contributed by atoms with van der Waals surface area (Å²) in [5.41, 5.74) is 0.980. The molecule has 1 N–H and O–H groups in total. The molecule has 152 valence electrons. The third-order valence-corrected chi connectivity index (χ3v) is 7.96. The second-order valence-electron chi connectivity index (χ2n) is 6.79. The summed E-state index contributed by atoms with van der Waals surface area (Å²) in [6, 6.07) is 11.6. The molecule has 0 unspecified atom stereocenters. The van der Waals surface area contributed by atoms with Crippen molar-refractivity contribution in [1.82, 2.24) is 14.2 Å². The molecule has 2 heterocycles. The standard InChI is InChI=1S/C19H19ClN4O3S2/c1-23-8-10-24(11-9-23)29(26,27)13-6-7-16-17(12-13)28-19(21-16)22-18(25)14-4-2-3-5-15(14)20/h2-7,12H,8-11H2,1H3,(H,21,22,25). The van der Waals surface area contributed by atoms with Crippen LogP contribution in [0.1, 0.15) is 10.4 Å². The summed E-state index contributed by atoms with van der Waals surface area (Å²) >= 11 is 7.29. The minimum atomic E-state index is -3.56. The molecule has 1 aliphatic heterocycles. The van der Waals surface area contributed by atoms with E-state index in [1.165, 1.54) is 15.6 Å². The summed E-state index contributed by atoms with van der Waals surface area (Å²) < 4.78 is 28.1. The first-order valence-electron chi connectivity index (χ1n) is 9.00. The number of thiazole rings is 1. The zero-order chi connectivity index (χ0) is 20.6. The fourth-order valence-corrected chi connectivity index (χ4v) is 5.75. The summed E-state index contributed by atoms with van der Waals surface area (Å²) in [6.07, 6.45) is 0. The minimum Gasteiger partial charge on any atom is -0.304 e. The molecule has 29 heavy (non-hydrogen) atoms. The Hall–Kier alpha value is -2.04. The van der Waals surface area contributed by atoms with Crippen LogP contribution in [0.3, 0.4) is 0 Å². The van der Waals surface area contributed by atoms with Gasteiger partial charge in [0.05, 0.1) is 25.7 Å². The van der Waals surface area contributed by atoms with Crippen molar-refractivity contribution < 1.29 is 13.2 Å². The van der Waals surface area contributed by atoms with Crippen molar-refractivity contribution in [1.29, 1.82) is 0 Å². The van der Waals surface area contributed by atoms with Crippen molar-refractivity contribution in [2.24, 2.45) is 0 Å². The van der Waals surface area contributed by atoms with Gasteiger partial charge >= 0.3 is 0 Å². The van der Waals surface area contributed by atoms with Crippen LogP contribution in [0.4, 0.5) is 5.13 Å². The summed E-state index contributed by atoms with van der Waals surface area (Å²) in [6.45, 7) is 2.36. The molecule has 0 saturated carbocycles. The maximum absolute atomic E-state index is 13.0. The Morgan fingerprint density at radius 3 is 2.59 bits per heavy atom. The van der Waals surface area contributed by atoms with E-state index < -0.39 is 10.0 Å². The predicted octanol–water partition coefficient (Wildman–Crippen LogP) is 3.14. The Morgan fingerprint density at radius 2 is 1.86 bits per heavy atom. The molecular weight excluding hydrogens is 432 g/mol. The van der Waals surface area contributed by atoms with Gasteiger partial charge < -0.3 is 4.90 Å². The predicted molar refractivity (Wildman–Crippen MR) is 115 cm³/mol. The number of halogens is 1. The highest BCUT2D eigenvalue weighted by molar-refractivity contribution is 7.89. The number of amides is 1. The van der Waals surface area contributed by atoms with Gasteiger partial charge in [-0.15, -0.1) is 0 Å². The molecule has 3 aromatic rings. The summed E-state index contributed by atoms with van der Waals surface area (Å²) in [5, 5.41) is 3.47. The molecule has 1 fully saturated rings. The molecule has 7 nitrogen and oxygen atoms in total. The fraction of sp³-hybridized carbons (Fsp3) is 0.263. The Labute approximate surface area is 178 Å². The van der Waals surface area contributed by atoms with Gasteiger partial charge in [0.1, 0.15) is 0 Å². The number of likely N-dealkylation sites (N-methyl/N-ethyl adjacent to an activating group) is 1. The van der Waals surface area contributed by atoms with E-state index in [0.29, 0.717) is 52.1 Å². The Kier molecular flexibility index (Phi) is 5.58. The SMILES string of the molecule is CN1CCN(S(=O)(=O)c2ccc3nc(NC(=O)c4ccccc4Cl)sc3c2)CC1. The highest BCUT2D eigenvalue weighted by Gasteiger charge is 2.28. The lowest BCUT2D eigenvalue weighted by molar-refractivity contribution is 0.102. The molecule has 0 radical (unpaired) electrons. The number of benzene rings is 2. The highest BCUT2D eigenvalue weighted by Crippen LogP contribution is 2.30. The number of aromatic nitrogens is 1. The second kappa shape index (κ2) is 8.00. The van der Waals surface area contributed by atoms with Gasteiger partial charge in [0.15, 0.2) is 5.13 Å². The van der Waals surface area contributed by atoms with Gasteiger partial charge in [-0.05, 0) is 37.4 Å². The first-order chi connectivity index (χ1) is 13.8. The van der Waals surface area contributed by atoms with E-state index >= 15 is 0 Å². The van der Waals surface area contributed by atoms with Crippen LogP contribution in [-0.2, 0) is 10.0 Å².